The largest absolute Gasteiger partial charge is 0.462 e. The predicted octanol–water partition coefficient (Wildman–Crippen LogP) is 2.89. The number of carbonyl (C=O) groups is 1. The second-order valence-electron chi connectivity index (χ2n) is 7.67. The SMILES string of the molecule is CCCC(CCC)C(=O)OC1C[C@H]2[C@@H]3O[C@@H]3[C@H](C1)[N+]2(C)CC. The minimum Gasteiger partial charge on any atom is -0.462 e. The Bertz CT molecular complexity index is 401. The molecular formula is C18H32NO3+. The van der Waals surface area contributed by atoms with Crippen LogP contribution < -0.4 is 0 Å². The van der Waals surface area contributed by atoms with Crippen molar-refractivity contribution < 1.29 is 18.8 Å². The number of esters is 1. The Morgan fingerprint density at radius 1 is 1.14 bits per heavy atom. The van der Waals surface area contributed by atoms with Gasteiger partial charge in [-0.2, -0.15) is 0 Å². The second-order valence-corrected chi connectivity index (χ2v) is 7.67. The van der Waals surface area contributed by atoms with E-state index in [4.69, 9.17) is 9.47 Å². The van der Waals surface area contributed by atoms with Gasteiger partial charge in [-0.1, -0.05) is 26.7 Å². The summed E-state index contributed by atoms with van der Waals surface area (Å²) in [6, 6.07) is 1.06. The first-order valence-electron chi connectivity index (χ1n) is 9.25. The number of quaternary nitrogens is 1. The number of hydrogen-bond donors (Lipinski definition) is 0. The van der Waals surface area contributed by atoms with E-state index in [0.717, 1.165) is 49.6 Å². The Labute approximate surface area is 134 Å². The van der Waals surface area contributed by atoms with Gasteiger partial charge in [0.15, 0.2) is 0 Å². The second kappa shape index (κ2) is 6.12. The minimum atomic E-state index is 0.0512. The van der Waals surface area contributed by atoms with Gasteiger partial charge >= 0.3 is 5.97 Å². The molecule has 22 heavy (non-hydrogen) atoms. The number of fused-ring (bicyclic) bond motifs is 5. The molecule has 0 radical (unpaired) electrons. The van der Waals surface area contributed by atoms with Crippen molar-refractivity contribution in [3.05, 3.63) is 0 Å². The van der Waals surface area contributed by atoms with E-state index in [0.29, 0.717) is 24.3 Å². The zero-order valence-electron chi connectivity index (χ0n) is 14.6. The number of carbonyl (C=O) groups excluding carboxylic acids is 1. The predicted molar refractivity (Wildman–Crippen MR) is 85.4 cm³/mol. The van der Waals surface area contributed by atoms with Crippen LogP contribution in [0.15, 0.2) is 0 Å². The lowest BCUT2D eigenvalue weighted by Gasteiger charge is -2.47. The van der Waals surface area contributed by atoms with Crippen molar-refractivity contribution in [1.29, 1.82) is 0 Å². The highest BCUT2D eigenvalue weighted by atomic mass is 16.6. The summed E-state index contributed by atoms with van der Waals surface area (Å²) >= 11 is 0. The lowest BCUT2D eigenvalue weighted by molar-refractivity contribution is -0.954. The maximum Gasteiger partial charge on any atom is 0.309 e. The molecule has 0 aliphatic carbocycles. The maximum atomic E-state index is 12.5. The Balaban J connectivity index is 1.61. The van der Waals surface area contributed by atoms with E-state index in [9.17, 15) is 4.79 Å². The van der Waals surface area contributed by atoms with E-state index >= 15 is 0 Å². The van der Waals surface area contributed by atoms with E-state index in [-0.39, 0.29) is 18.0 Å². The normalized spacial score (nSPS) is 42.3. The molecule has 0 aromatic rings. The van der Waals surface area contributed by atoms with Crippen LogP contribution in [0.3, 0.4) is 0 Å². The fraction of sp³-hybridized carbons (Fsp3) is 0.944. The number of piperidine rings is 1. The van der Waals surface area contributed by atoms with Gasteiger partial charge in [0.1, 0.15) is 30.4 Å². The first-order valence-corrected chi connectivity index (χ1v) is 9.25. The van der Waals surface area contributed by atoms with Crippen molar-refractivity contribution in [2.45, 2.75) is 89.7 Å². The minimum absolute atomic E-state index is 0.0512. The van der Waals surface area contributed by atoms with E-state index in [2.05, 4.69) is 27.8 Å². The molecule has 0 saturated carbocycles. The number of morpholine rings is 1. The van der Waals surface area contributed by atoms with Crippen molar-refractivity contribution in [2.24, 2.45) is 5.92 Å². The Morgan fingerprint density at radius 3 is 2.14 bits per heavy atom. The number of rotatable bonds is 7. The number of epoxide rings is 1. The molecule has 6 atom stereocenters. The molecule has 0 N–H and O–H groups in total. The fourth-order valence-corrected chi connectivity index (χ4v) is 4.96. The molecule has 3 fully saturated rings. The van der Waals surface area contributed by atoms with Gasteiger partial charge in [0.05, 0.1) is 19.5 Å². The summed E-state index contributed by atoms with van der Waals surface area (Å²) in [6.07, 6.45) is 6.98. The third-order valence-electron chi connectivity index (χ3n) is 6.42. The smallest absolute Gasteiger partial charge is 0.309 e. The van der Waals surface area contributed by atoms with E-state index in [1.165, 1.54) is 0 Å². The summed E-state index contributed by atoms with van der Waals surface area (Å²) in [5, 5.41) is 0. The molecule has 3 heterocycles. The summed E-state index contributed by atoms with van der Waals surface area (Å²) in [6.45, 7) is 7.72. The third-order valence-corrected chi connectivity index (χ3v) is 6.42. The van der Waals surface area contributed by atoms with Crippen LogP contribution in [0, 0.1) is 5.92 Å². The standard InChI is InChI=1S/C18H32NO3/c1-5-8-12(9-6-2)18(20)21-13-10-14-16-17(22-16)15(11-13)19(14,4)7-3/h12-17H,5-11H2,1-4H3/q+1/t13?,14-,15-,16-,17+,19?/m0/s1. The molecule has 0 aromatic heterocycles. The van der Waals surface area contributed by atoms with Crippen molar-refractivity contribution in [3.8, 4) is 0 Å². The Hall–Kier alpha value is -0.610. The molecule has 126 valence electrons. The Morgan fingerprint density at radius 2 is 1.68 bits per heavy atom. The first kappa shape index (κ1) is 16.3. The van der Waals surface area contributed by atoms with E-state index in [1.54, 1.807) is 0 Å². The topological polar surface area (TPSA) is 38.8 Å². The van der Waals surface area contributed by atoms with Crippen LogP contribution in [0.5, 0.6) is 0 Å². The van der Waals surface area contributed by atoms with Gasteiger partial charge in [-0.3, -0.25) is 4.79 Å². The van der Waals surface area contributed by atoms with Gasteiger partial charge in [-0.25, -0.2) is 0 Å². The van der Waals surface area contributed by atoms with Crippen molar-refractivity contribution in [2.75, 3.05) is 13.6 Å². The van der Waals surface area contributed by atoms with E-state index in [1.807, 2.05) is 0 Å². The molecule has 2 bridgehead atoms. The highest BCUT2D eigenvalue weighted by Crippen LogP contribution is 2.52. The summed E-state index contributed by atoms with van der Waals surface area (Å²) in [7, 11) is 2.36. The number of nitrogens with zero attached hydrogens (tertiary/aromatic N) is 1. The zero-order chi connectivity index (χ0) is 15.9. The highest BCUT2D eigenvalue weighted by Gasteiger charge is 2.71. The quantitative estimate of drug-likeness (QED) is 0.412. The van der Waals surface area contributed by atoms with Crippen LogP contribution >= 0.6 is 0 Å². The highest BCUT2D eigenvalue weighted by molar-refractivity contribution is 5.72. The molecule has 0 amide bonds. The number of hydrogen-bond acceptors (Lipinski definition) is 3. The average molecular weight is 310 g/mol. The fourth-order valence-electron chi connectivity index (χ4n) is 4.96. The molecule has 0 spiro atoms. The monoisotopic (exact) mass is 310 g/mol. The average Bonchev–Trinajstić information content (AvgIpc) is 3.25. The van der Waals surface area contributed by atoms with E-state index < -0.39 is 0 Å². The summed E-state index contributed by atoms with van der Waals surface area (Å²) in [5.74, 6) is 0.155. The summed E-state index contributed by atoms with van der Waals surface area (Å²) < 4.78 is 12.9. The molecule has 2 unspecified atom stereocenters. The molecular weight excluding hydrogens is 278 g/mol. The molecule has 4 nitrogen and oxygen atoms in total. The van der Waals surface area contributed by atoms with Crippen LogP contribution in [0.1, 0.15) is 59.3 Å². The maximum absolute atomic E-state index is 12.5. The molecule has 3 rings (SSSR count). The third kappa shape index (κ3) is 2.58. The number of ether oxygens (including phenoxy) is 2. The lowest BCUT2D eigenvalue weighted by Crippen LogP contribution is -2.62. The van der Waals surface area contributed by atoms with Crippen molar-refractivity contribution in [1.82, 2.24) is 0 Å². The van der Waals surface area contributed by atoms with Crippen LogP contribution in [-0.2, 0) is 14.3 Å². The number of likely N-dealkylation sites (N-methyl/N-ethyl adjacent to an activating group) is 1. The molecule has 4 heteroatoms. The van der Waals surface area contributed by atoms with Crippen LogP contribution in [0.25, 0.3) is 0 Å². The van der Waals surface area contributed by atoms with Gasteiger partial charge in [-0.15, -0.1) is 0 Å². The molecule has 3 aliphatic heterocycles. The first-order chi connectivity index (χ1) is 10.5. The van der Waals surface area contributed by atoms with Gasteiger partial charge in [-0.05, 0) is 19.8 Å². The van der Waals surface area contributed by atoms with Crippen LogP contribution in [0.2, 0.25) is 0 Å². The lowest BCUT2D eigenvalue weighted by atomic mass is 9.94. The Kier molecular flexibility index (Phi) is 4.52. The van der Waals surface area contributed by atoms with Crippen molar-refractivity contribution >= 4 is 5.97 Å². The molecule has 3 saturated heterocycles. The molecule has 3 aliphatic rings. The summed E-state index contributed by atoms with van der Waals surface area (Å²) in [4.78, 5) is 12.5. The van der Waals surface area contributed by atoms with Gasteiger partial charge < -0.3 is 14.0 Å². The van der Waals surface area contributed by atoms with Gasteiger partial charge in [0.2, 0.25) is 0 Å². The van der Waals surface area contributed by atoms with Crippen LogP contribution in [-0.4, -0.2) is 54.4 Å². The van der Waals surface area contributed by atoms with Gasteiger partial charge in [0.25, 0.3) is 0 Å². The van der Waals surface area contributed by atoms with Gasteiger partial charge in [0, 0.05) is 12.8 Å². The zero-order valence-corrected chi connectivity index (χ0v) is 14.6. The van der Waals surface area contributed by atoms with Crippen LogP contribution in [0.4, 0.5) is 0 Å². The van der Waals surface area contributed by atoms with Crippen molar-refractivity contribution in [3.63, 3.8) is 0 Å². The summed E-state index contributed by atoms with van der Waals surface area (Å²) in [5.41, 5.74) is 0. The molecule has 0 aromatic carbocycles.